The van der Waals surface area contributed by atoms with E-state index in [-0.39, 0.29) is 24.5 Å². The summed E-state index contributed by atoms with van der Waals surface area (Å²) in [4.78, 5) is 10.8. The SMILES string of the molecule is CC(CO)COC1CNCC(C(=O)O)C1. The van der Waals surface area contributed by atoms with Gasteiger partial charge < -0.3 is 20.3 Å². The van der Waals surface area contributed by atoms with E-state index in [0.29, 0.717) is 26.1 Å². The molecular formula is C10H19NO4. The van der Waals surface area contributed by atoms with Crippen molar-refractivity contribution in [3.8, 4) is 0 Å². The van der Waals surface area contributed by atoms with Crippen LogP contribution in [0.15, 0.2) is 0 Å². The lowest BCUT2D eigenvalue weighted by atomic mass is 9.98. The average molecular weight is 217 g/mol. The number of aliphatic carboxylic acids is 1. The normalized spacial score (nSPS) is 28.7. The number of carbonyl (C=O) groups is 1. The van der Waals surface area contributed by atoms with E-state index in [1.54, 1.807) is 0 Å². The van der Waals surface area contributed by atoms with Crippen LogP contribution in [0, 0.1) is 11.8 Å². The Morgan fingerprint density at radius 1 is 1.60 bits per heavy atom. The van der Waals surface area contributed by atoms with Crippen LogP contribution in [0.4, 0.5) is 0 Å². The zero-order valence-electron chi connectivity index (χ0n) is 8.98. The third kappa shape index (κ3) is 4.15. The molecule has 3 unspecified atom stereocenters. The Bertz CT molecular complexity index is 210. The summed E-state index contributed by atoms with van der Waals surface area (Å²) in [6.45, 7) is 3.69. The van der Waals surface area contributed by atoms with Crippen LogP contribution in [0.25, 0.3) is 0 Å². The molecule has 0 bridgehead atoms. The molecule has 1 aliphatic rings. The molecule has 0 aliphatic carbocycles. The zero-order chi connectivity index (χ0) is 11.3. The molecule has 0 saturated carbocycles. The number of nitrogens with one attached hydrogen (secondary N) is 1. The van der Waals surface area contributed by atoms with Gasteiger partial charge in [0.25, 0.3) is 0 Å². The van der Waals surface area contributed by atoms with Gasteiger partial charge >= 0.3 is 5.97 Å². The number of aliphatic hydroxyl groups is 1. The Hall–Kier alpha value is -0.650. The third-order valence-corrected chi connectivity index (χ3v) is 2.59. The molecule has 1 aliphatic heterocycles. The molecule has 1 saturated heterocycles. The van der Waals surface area contributed by atoms with Gasteiger partial charge in [-0.3, -0.25) is 4.79 Å². The van der Waals surface area contributed by atoms with Gasteiger partial charge in [-0.1, -0.05) is 6.92 Å². The fraction of sp³-hybridized carbons (Fsp3) is 0.900. The second kappa shape index (κ2) is 6.05. The maximum absolute atomic E-state index is 10.8. The summed E-state index contributed by atoms with van der Waals surface area (Å²) in [6, 6.07) is 0. The zero-order valence-corrected chi connectivity index (χ0v) is 8.98. The van der Waals surface area contributed by atoms with Crippen molar-refractivity contribution in [2.45, 2.75) is 19.4 Å². The van der Waals surface area contributed by atoms with E-state index >= 15 is 0 Å². The van der Waals surface area contributed by atoms with Crippen molar-refractivity contribution in [3.05, 3.63) is 0 Å². The Labute approximate surface area is 89.4 Å². The molecule has 15 heavy (non-hydrogen) atoms. The first-order valence-corrected chi connectivity index (χ1v) is 5.29. The highest BCUT2D eigenvalue weighted by Crippen LogP contribution is 2.14. The first-order valence-electron chi connectivity index (χ1n) is 5.29. The minimum Gasteiger partial charge on any atom is -0.481 e. The van der Waals surface area contributed by atoms with Crippen LogP contribution in [0.2, 0.25) is 0 Å². The van der Waals surface area contributed by atoms with Gasteiger partial charge in [0.15, 0.2) is 0 Å². The van der Waals surface area contributed by atoms with Crippen molar-refractivity contribution in [1.29, 1.82) is 0 Å². The van der Waals surface area contributed by atoms with Crippen LogP contribution in [0.3, 0.4) is 0 Å². The van der Waals surface area contributed by atoms with Crippen molar-refractivity contribution < 1.29 is 19.7 Å². The maximum Gasteiger partial charge on any atom is 0.307 e. The van der Waals surface area contributed by atoms with Gasteiger partial charge in [-0.15, -0.1) is 0 Å². The molecule has 0 amide bonds. The first-order chi connectivity index (χ1) is 7.13. The second-order valence-corrected chi connectivity index (χ2v) is 4.17. The van der Waals surface area contributed by atoms with Crippen molar-refractivity contribution in [3.63, 3.8) is 0 Å². The maximum atomic E-state index is 10.8. The lowest BCUT2D eigenvalue weighted by Crippen LogP contribution is -2.44. The van der Waals surface area contributed by atoms with E-state index in [9.17, 15) is 4.79 Å². The van der Waals surface area contributed by atoms with Crippen LogP contribution >= 0.6 is 0 Å². The summed E-state index contributed by atoms with van der Waals surface area (Å²) in [7, 11) is 0. The van der Waals surface area contributed by atoms with E-state index in [1.807, 2.05) is 6.92 Å². The number of rotatable bonds is 5. The smallest absolute Gasteiger partial charge is 0.307 e. The third-order valence-electron chi connectivity index (χ3n) is 2.59. The minimum atomic E-state index is -0.772. The van der Waals surface area contributed by atoms with E-state index < -0.39 is 5.97 Å². The molecular weight excluding hydrogens is 198 g/mol. The summed E-state index contributed by atoms with van der Waals surface area (Å²) in [5.41, 5.74) is 0. The van der Waals surface area contributed by atoms with E-state index in [1.165, 1.54) is 0 Å². The van der Waals surface area contributed by atoms with Gasteiger partial charge in [-0.25, -0.2) is 0 Å². The Balaban J connectivity index is 2.27. The van der Waals surface area contributed by atoms with Gasteiger partial charge in [0.2, 0.25) is 0 Å². The highest BCUT2D eigenvalue weighted by molar-refractivity contribution is 5.70. The lowest BCUT2D eigenvalue weighted by Gasteiger charge is -2.28. The van der Waals surface area contributed by atoms with E-state index in [4.69, 9.17) is 14.9 Å². The summed E-state index contributed by atoms with van der Waals surface area (Å²) in [5.74, 6) is -1.02. The molecule has 0 aromatic rings. The summed E-state index contributed by atoms with van der Waals surface area (Å²) >= 11 is 0. The van der Waals surface area contributed by atoms with Crippen LogP contribution < -0.4 is 5.32 Å². The predicted molar refractivity (Wildman–Crippen MR) is 54.6 cm³/mol. The molecule has 1 fully saturated rings. The number of carboxylic acids is 1. The van der Waals surface area contributed by atoms with Crippen molar-refractivity contribution >= 4 is 5.97 Å². The molecule has 0 aromatic carbocycles. The predicted octanol–water partition coefficient (Wildman–Crippen LogP) is -0.306. The van der Waals surface area contributed by atoms with Gasteiger partial charge in [-0.2, -0.15) is 0 Å². The van der Waals surface area contributed by atoms with Gasteiger partial charge in [0.05, 0.1) is 18.6 Å². The minimum absolute atomic E-state index is 0.0474. The van der Waals surface area contributed by atoms with Gasteiger partial charge in [0, 0.05) is 25.6 Å². The number of ether oxygens (including phenoxy) is 1. The largest absolute Gasteiger partial charge is 0.481 e. The summed E-state index contributed by atoms with van der Waals surface area (Å²) in [5, 5.41) is 20.7. The van der Waals surface area contributed by atoms with E-state index in [0.717, 1.165) is 0 Å². The first kappa shape index (κ1) is 12.4. The van der Waals surface area contributed by atoms with E-state index in [2.05, 4.69) is 5.32 Å². The number of piperidine rings is 1. The second-order valence-electron chi connectivity index (χ2n) is 4.17. The van der Waals surface area contributed by atoms with Gasteiger partial charge in [0.1, 0.15) is 0 Å². The van der Waals surface area contributed by atoms with Crippen molar-refractivity contribution in [2.24, 2.45) is 11.8 Å². The molecule has 3 atom stereocenters. The van der Waals surface area contributed by atoms with Crippen LogP contribution in [0.1, 0.15) is 13.3 Å². The molecule has 0 radical (unpaired) electrons. The average Bonchev–Trinajstić information content (AvgIpc) is 2.26. The monoisotopic (exact) mass is 217 g/mol. The lowest BCUT2D eigenvalue weighted by molar-refractivity contribution is -0.144. The fourth-order valence-electron chi connectivity index (χ4n) is 1.57. The number of aliphatic hydroxyl groups excluding tert-OH is 1. The van der Waals surface area contributed by atoms with Crippen molar-refractivity contribution in [1.82, 2.24) is 5.32 Å². The Kier molecular flexibility index (Phi) is 5.01. The number of hydrogen-bond acceptors (Lipinski definition) is 4. The van der Waals surface area contributed by atoms with Crippen molar-refractivity contribution in [2.75, 3.05) is 26.3 Å². The highest BCUT2D eigenvalue weighted by Gasteiger charge is 2.27. The Morgan fingerprint density at radius 2 is 2.33 bits per heavy atom. The molecule has 1 rings (SSSR count). The molecule has 88 valence electrons. The standard InChI is InChI=1S/C10H19NO4/c1-7(5-12)6-15-9-2-8(10(13)14)3-11-4-9/h7-9,11-12H,2-6H2,1H3,(H,13,14). The van der Waals surface area contributed by atoms with Gasteiger partial charge in [-0.05, 0) is 6.42 Å². The van der Waals surface area contributed by atoms with Crippen LogP contribution in [-0.4, -0.2) is 48.6 Å². The number of hydrogen-bond donors (Lipinski definition) is 3. The molecule has 0 aromatic heterocycles. The van der Waals surface area contributed by atoms with Crippen LogP contribution in [0.5, 0.6) is 0 Å². The molecule has 0 spiro atoms. The fourth-order valence-corrected chi connectivity index (χ4v) is 1.57. The Morgan fingerprint density at radius 3 is 2.93 bits per heavy atom. The molecule has 5 nitrogen and oxygen atoms in total. The number of carboxylic acid groups (broad SMARTS) is 1. The highest BCUT2D eigenvalue weighted by atomic mass is 16.5. The molecule has 5 heteroatoms. The topological polar surface area (TPSA) is 78.8 Å². The van der Waals surface area contributed by atoms with Crippen LogP contribution in [-0.2, 0) is 9.53 Å². The summed E-state index contributed by atoms with van der Waals surface area (Å²) < 4.78 is 5.53. The molecule has 1 heterocycles. The summed E-state index contributed by atoms with van der Waals surface area (Å²) in [6.07, 6.45) is 0.509. The quantitative estimate of drug-likeness (QED) is 0.589. The molecule has 3 N–H and O–H groups in total.